The molecule has 2 heterocycles. The Bertz CT molecular complexity index is 597. The van der Waals surface area contributed by atoms with Crippen LogP contribution in [0.5, 0.6) is 0 Å². The van der Waals surface area contributed by atoms with E-state index in [0.717, 1.165) is 31.0 Å². The first kappa shape index (κ1) is 13.5. The normalized spacial score (nSPS) is 20.4. The van der Waals surface area contributed by atoms with Crippen LogP contribution in [0.1, 0.15) is 30.6 Å². The van der Waals surface area contributed by atoms with Crippen molar-refractivity contribution in [2.45, 2.75) is 37.9 Å². The van der Waals surface area contributed by atoms with Gasteiger partial charge in [0.25, 0.3) is 0 Å². The third kappa shape index (κ3) is 2.82. The maximum absolute atomic E-state index is 12.6. The average molecular weight is 283 g/mol. The van der Waals surface area contributed by atoms with Crippen LogP contribution in [0.4, 0.5) is 13.2 Å². The van der Waals surface area contributed by atoms with E-state index in [1.165, 1.54) is 12.8 Å². The fourth-order valence-corrected chi connectivity index (χ4v) is 2.74. The van der Waals surface area contributed by atoms with Gasteiger partial charge in [-0.2, -0.15) is 13.2 Å². The Kier molecular flexibility index (Phi) is 3.46. The number of nitrogens with one attached hydrogen (secondary N) is 1. The lowest BCUT2D eigenvalue weighted by molar-refractivity contribution is -0.152. The van der Waals surface area contributed by atoms with E-state index < -0.39 is 11.9 Å². The molecular weight excluding hydrogens is 267 g/mol. The van der Waals surface area contributed by atoms with E-state index in [4.69, 9.17) is 4.42 Å². The predicted octanol–water partition coefficient (Wildman–Crippen LogP) is 4.14. The van der Waals surface area contributed by atoms with Gasteiger partial charge in [0.15, 0.2) is 0 Å². The molecule has 0 aliphatic carbocycles. The number of piperidine rings is 1. The summed E-state index contributed by atoms with van der Waals surface area (Å²) in [4.78, 5) is 0. The molecule has 1 aliphatic heterocycles. The number of rotatable bonds is 2. The average Bonchev–Trinajstić information content (AvgIpc) is 2.83. The molecule has 0 bridgehead atoms. The van der Waals surface area contributed by atoms with Crippen molar-refractivity contribution in [3.05, 3.63) is 35.6 Å². The minimum atomic E-state index is -4.43. The molecular formula is C15H16F3NO. The molecule has 2 aromatic rings. The smallest absolute Gasteiger partial charge is 0.449 e. The van der Waals surface area contributed by atoms with Crippen molar-refractivity contribution in [3.8, 4) is 0 Å². The molecule has 1 aromatic carbocycles. The van der Waals surface area contributed by atoms with Crippen LogP contribution in [-0.2, 0) is 12.6 Å². The number of hydrogen-bond acceptors (Lipinski definition) is 2. The summed E-state index contributed by atoms with van der Waals surface area (Å²) in [5.41, 5.74) is 1.34. The highest BCUT2D eigenvalue weighted by Gasteiger charge is 2.35. The molecule has 2 nitrogen and oxygen atoms in total. The summed E-state index contributed by atoms with van der Waals surface area (Å²) in [7, 11) is 0. The summed E-state index contributed by atoms with van der Waals surface area (Å²) >= 11 is 0. The molecule has 1 aliphatic rings. The lowest BCUT2D eigenvalue weighted by Crippen LogP contribution is -2.35. The highest BCUT2D eigenvalue weighted by Crippen LogP contribution is 2.34. The standard InChI is InChI=1S/C15H16F3NO/c16-15(17,18)14-9-11-7-10(4-5-13(11)20-14)8-12-3-1-2-6-19-12/h4-5,7,9,12,19H,1-3,6,8H2. The fraction of sp³-hybridized carbons (Fsp3) is 0.467. The highest BCUT2D eigenvalue weighted by molar-refractivity contribution is 5.78. The van der Waals surface area contributed by atoms with Gasteiger partial charge in [-0.05, 0) is 49.6 Å². The quantitative estimate of drug-likeness (QED) is 0.896. The molecule has 0 saturated carbocycles. The number of halogens is 3. The fourth-order valence-electron chi connectivity index (χ4n) is 2.74. The van der Waals surface area contributed by atoms with Crippen LogP contribution in [0.2, 0.25) is 0 Å². The van der Waals surface area contributed by atoms with Crippen LogP contribution in [-0.4, -0.2) is 12.6 Å². The van der Waals surface area contributed by atoms with Crippen molar-refractivity contribution in [3.63, 3.8) is 0 Å². The summed E-state index contributed by atoms with van der Waals surface area (Å²) in [5.74, 6) is -0.930. The van der Waals surface area contributed by atoms with Gasteiger partial charge in [0, 0.05) is 11.4 Å². The molecule has 0 spiro atoms. The molecule has 5 heteroatoms. The monoisotopic (exact) mass is 283 g/mol. The minimum absolute atomic E-state index is 0.290. The summed E-state index contributed by atoms with van der Waals surface area (Å²) in [5, 5.41) is 3.96. The zero-order valence-electron chi connectivity index (χ0n) is 11.0. The number of alkyl halides is 3. The summed E-state index contributed by atoms with van der Waals surface area (Å²) in [6.45, 7) is 1.02. The Morgan fingerprint density at radius 1 is 1.20 bits per heavy atom. The largest absolute Gasteiger partial charge is 0.452 e. The molecule has 1 saturated heterocycles. The van der Waals surface area contributed by atoms with Crippen LogP contribution in [0.3, 0.4) is 0 Å². The lowest BCUT2D eigenvalue weighted by Gasteiger charge is -2.23. The molecule has 3 rings (SSSR count). The zero-order chi connectivity index (χ0) is 14.2. The van der Waals surface area contributed by atoms with E-state index in [1.54, 1.807) is 12.1 Å². The third-order valence-corrected chi connectivity index (χ3v) is 3.75. The zero-order valence-corrected chi connectivity index (χ0v) is 11.0. The van der Waals surface area contributed by atoms with E-state index in [-0.39, 0.29) is 5.58 Å². The van der Waals surface area contributed by atoms with Crippen molar-refractivity contribution in [2.75, 3.05) is 6.54 Å². The first-order valence-electron chi connectivity index (χ1n) is 6.85. The van der Waals surface area contributed by atoms with Crippen molar-refractivity contribution in [2.24, 2.45) is 0 Å². The van der Waals surface area contributed by atoms with Crippen LogP contribution in [0, 0.1) is 0 Å². The van der Waals surface area contributed by atoms with Gasteiger partial charge in [0.2, 0.25) is 5.76 Å². The van der Waals surface area contributed by atoms with Crippen LogP contribution in [0.25, 0.3) is 11.0 Å². The van der Waals surface area contributed by atoms with Gasteiger partial charge in [0.1, 0.15) is 5.58 Å². The molecule has 1 unspecified atom stereocenters. The lowest BCUT2D eigenvalue weighted by atomic mass is 9.97. The van der Waals surface area contributed by atoms with Crippen molar-refractivity contribution >= 4 is 11.0 Å². The first-order valence-corrected chi connectivity index (χ1v) is 6.85. The van der Waals surface area contributed by atoms with E-state index >= 15 is 0 Å². The second-order valence-corrected chi connectivity index (χ2v) is 5.33. The third-order valence-electron chi connectivity index (χ3n) is 3.75. The SMILES string of the molecule is FC(F)(F)c1cc2cc(CC3CCCCN3)ccc2o1. The summed E-state index contributed by atoms with van der Waals surface area (Å²) < 4.78 is 42.6. The van der Waals surface area contributed by atoms with Gasteiger partial charge >= 0.3 is 6.18 Å². The van der Waals surface area contributed by atoms with Crippen LogP contribution < -0.4 is 5.32 Å². The molecule has 108 valence electrons. The second-order valence-electron chi connectivity index (χ2n) is 5.33. The number of benzene rings is 1. The van der Waals surface area contributed by atoms with E-state index in [1.807, 2.05) is 6.07 Å². The summed E-state index contributed by atoms with van der Waals surface area (Å²) in [6.07, 6.45) is -0.0418. The minimum Gasteiger partial charge on any atom is -0.452 e. The molecule has 1 fully saturated rings. The van der Waals surface area contributed by atoms with Crippen molar-refractivity contribution < 1.29 is 17.6 Å². The van der Waals surface area contributed by atoms with Gasteiger partial charge in [-0.25, -0.2) is 0 Å². The Morgan fingerprint density at radius 3 is 2.75 bits per heavy atom. The Morgan fingerprint density at radius 2 is 2.05 bits per heavy atom. The summed E-state index contributed by atoms with van der Waals surface area (Å²) in [6, 6.07) is 6.78. The molecule has 20 heavy (non-hydrogen) atoms. The van der Waals surface area contributed by atoms with Gasteiger partial charge in [-0.15, -0.1) is 0 Å². The Balaban J connectivity index is 1.82. The number of hydrogen-bond donors (Lipinski definition) is 1. The van der Waals surface area contributed by atoms with Gasteiger partial charge in [0.05, 0.1) is 0 Å². The molecule has 0 amide bonds. The highest BCUT2D eigenvalue weighted by atomic mass is 19.4. The molecule has 1 atom stereocenters. The molecule has 0 radical (unpaired) electrons. The van der Waals surface area contributed by atoms with E-state index in [9.17, 15) is 13.2 Å². The Hall–Kier alpha value is -1.49. The van der Waals surface area contributed by atoms with E-state index in [2.05, 4.69) is 5.32 Å². The topological polar surface area (TPSA) is 25.2 Å². The van der Waals surface area contributed by atoms with Gasteiger partial charge in [-0.1, -0.05) is 12.5 Å². The van der Waals surface area contributed by atoms with E-state index in [0.29, 0.717) is 11.4 Å². The molecule has 1 N–H and O–H groups in total. The van der Waals surface area contributed by atoms with Crippen molar-refractivity contribution in [1.82, 2.24) is 5.32 Å². The predicted molar refractivity (Wildman–Crippen MR) is 70.6 cm³/mol. The van der Waals surface area contributed by atoms with Crippen LogP contribution in [0.15, 0.2) is 28.7 Å². The number of fused-ring (bicyclic) bond motifs is 1. The molecule has 1 aromatic heterocycles. The van der Waals surface area contributed by atoms with Crippen molar-refractivity contribution in [1.29, 1.82) is 0 Å². The maximum Gasteiger partial charge on any atom is 0.449 e. The maximum atomic E-state index is 12.6. The van der Waals surface area contributed by atoms with Crippen LogP contribution >= 0.6 is 0 Å². The van der Waals surface area contributed by atoms with Gasteiger partial charge in [-0.3, -0.25) is 0 Å². The van der Waals surface area contributed by atoms with Gasteiger partial charge < -0.3 is 9.73 Å². The first-order chi connectivity index (χ1) is 9.52. The number of furan rings is 1. The Labute approximate surface area is 115 Å². The second kappa shape index (κ2) is 5.13.